The summed E-state index contributed by atoms with van der Waals surface area (Å²) >= 11 is 16.5. The molecule has 0 heterocycles. The molecule has 168 valence electrons. The van der Waals surface area contributed by atoms with E-state index in [0.717, 1.165) is 23.2 Å². The summed E-state index contributed by atoms with van der Waals surface area (Å²) in [5.41, 5.74) is 3.12. The van der Waals surface area contributed by atoms with Gasteiger partial charge in [-0.3, -0.25) is 14.5 Å². The third-order valence-corrected chi connectivity index (χ3v) is 4.61. The maximum atomic E-state index is 12.0. The quantitative estimate of drug-likeness (QED) is 0.253. The molecule has 5 nitrogen and oxygen atoms in total. The van der Waals surface area contributed by atoms with Crippen molar-refractivity contribution in [1.82, 2.24) is 4.90 Å². The SMILES string of the molecule is C=CCN(CC=C)C(=O)C(Cl)Cl.CCOCN(C(=O)CCl)c1c(C)cccc1CC. The Morgan fingerprint density at radius 2 is 1.77 bits per heavy atom. The number of benzene rings is 1. The minimum absolute atomic E-state index is 0.0371. The predicted octanol–water partition coefficient (Wildman–Crippen LogP) is 5.11. The van der Waals surface area contributed by atoms with Crippen LogP contribution >= 0.6 is 34.8 Å². The van der Waals surface area contributed by atoms with Crippen molar-refractivity contribution in [3.8, 4) is 0 Å². The second-order valence-electron chi connectivity index (χ2n) is 6.13. The van der Waals surface area contributed by atoms with E-state index in [1.807, 2.05) is 32.0 Å². The molecule has 2 amide bonds. The summed E-state index contributed by atoms with van der Waals surface area (Å²) in [6.45, 7) is 14.7. The van der Waals surface area contributed by atoms with Crippen LogP contribution in [0.15, 0.2) is 43.5 Å². The lowest BCUT2D eigenvalue weighted by atomic mass is 10.0. The van der Waals surface area contributed by atoms with E-state index in [9.17, 15) is 9.59 Å². The molecule has 8 heteroatoms. The van der Waals surface area contributed by atoms with Crippen LogP contribution in [0.5, 0.6) is 0 Å². The van der Waals surface area contributed by atoms with Gasteiger partial charge in [0.15, 0.2) is 4.84 Å². The van der Waals surface area contributed by atoms with Crippen LogP contribution in [0, 0.1) is 6.92 Å². The first-order valence-electron chi connectivity index (χ1n) is 9.60. The summed E-state index contributed by atoms with van der Waals surface area (Å²) in [4.78, 5) is 25.2. The molecule has 0 aliphatic rings. The van der Waals surface area contributed by atoms with E-state index < -0.39 is 4.84 Å². The number of para-hydroxylation sites is 1. The third-order valence-electron chi connectivity index (χ3n) is 4.01. The number of rotatable bonds is 11. The number of amides is 2. The van der Waals surface area contributed by atoms with Gasteiger partial charge in [0.25, 0.3) is 5.91 Å². The molecule has 0 saturated heterocycles. The van der Waals surface area contributed by atoms with Crippen LogP contribution in [0.4, 0.5) is 5.69 Å². The second-order valence-corrected chi connectivity index (χ2v) is 7.50. The zero-order valence-electron chi connectivity index (χ0n) is 17.9. The van der Waals surface area contributed by atoms with Crippen molar-refractivity contribution in [3.05, 3.63) is 54.6 Å². The molecule has 0 aliphatic carbocycles. The van der Waals surface area contributed by atoms with Crippen molar-refractivity contribution in [1.29, 1.82) is 0 Å². The average molecular weight is 478 g/mol. The van der Waals surface area contributed by atoms with E-state index in [2.05, 4.69) is 20.1 Å². The monoisotopic (exact) mass is 476 g/mol. The van der Waals surface area contributed by atoms with Crippen LogP contribution in [-0.2, 0) is 20.7 Å². The Balaban J connectivity index is 0.000000612. The number of carbonyl (C=O) groups is 2. The molecule has 0 fully saturated rings. The molecule has 30 heavy (non-hydrogen) atoms. The van der Waals surface area contributed by atoms with E-state index in [4.69, 9.17) is 39.5 Å². The van der Waals surface area contributed by atoms with E-state index in [0.29, 0.717) is 19.7 Å². The van der Waals surface area contributed by atoms with Crippen LogP contribution in [0.2, 0.25) is 0 Å². The molecular formula is C22H31Cl3N2O3. The lowest BCUT2D eigenvalue weighted by Gasteiger charge is -2.25. The highest BCUT2D eigenvalue weighted by Crippen LogP contribution is 2.26. The van der Waals surface area contributed by atoms with Crippen LogP contribution in [0.3, 0.4) is 0 Å². The molecule has 0 atom stereocenters. The van der Waals surface area contributed by atoms with Gasteiger partial charge in [0.05, 0.1) is 5.69 Å². The number of alkyl halides is 3. The van der Waals surface area contributed by atoms with Gasteiger partial charge in [-0.1, -0.05) is 60.5 Å². The Morgan fingerprint density at radius 3 is 2.20 bits per heavy atom. The first-order valence-corrected chi connectivity index (χ1v) is 11.0. The fourth-order valence-corrected chi connectivity index (χ4v) is 3.03. The molecular weight excluding hydrogens is 447 g/mol. The van der Waals surface area contributed by atoms with Gasteiger partial charge in [0.1, 0.15) is 12.6 Å². The molecule has 0 unspecified atom stereocenters. The molecule has 0 N–H and O–H groups in total. The number of aryl methyl sites for hydroxylation is 2. The Labute approximate surface area is 195 Å². The third kappa shape index (κ3) is 9.52. The molecule has 0 aromatic heterocycles. The highest BCUT2D eigenvalue weighted by atomic mass is 35.5. The van der Waals surface area contributed by atoms with Crippen LogP contribution in [-0.4, -0.2) is 53.9 Å². The van der Waals surface area contributed by atoms with Gasteiger partial charge in [0.2, 0.25) is 5.91 Å². The van der Waals surface area contributed by atoms with E-state index >= 15 is 0 Å². The Bertz CT molecular complexity index is 686. The summed E-state index contributed by atoms with van der Waals surface area (Å²) < 4.78 is 5.37. The maximum absolute atomic E-state index is 12.0. The second kappa shape index (κ2) is 16.2. The normalized spacial score (nSPS) is 10.1. The first-order chi connectivity index (χ1) is 14.3. The fourth-order valence-electron chi connectivity index (χ4n) is 2.61. The van der Waals surface area contributed by atoms with Gasteiger partial charge in [-0.05, 0) is 31.4 Å². The smallest absolute Gasteiger partial charge is 0.256 e. The lowest BCUT2D eigenvalue weighted by molar-refractivity contribution is -0.128. The van der Waals surface area contributed by atoms with Crippen molar-refractivity contribution in [2.75, 3.05) is 37.2 Å². The molecule has 1 aromatic carbocycles. The summed E-state index contributed by atoms with van der Waals surface area (Å²) in [7, 11) is 0. The Morgan fingerprint density at radius 1 is 1.17 bits per heavy atom. The number of ether oxygens (including phenoxy) is 1. The number of anilines is 1. The average Bonchev–Trinajstić information content (AvgIpc) is 2.74. The highest BCUT2D eigenvalue weighted by Gasteiger charge is 2.19. The Kier molecular flexibility index (Phi) is 15.4. The topological polar surface area (TPSA) is 49.9 Å². The van der Waals surface area contributed by atoms with Gasteiger partial charge in [-0.2, -0.15) is 0 Å². The maximum Gasteiger partial charge on any atom is 0.256 e. The minimum Gasteiger partial charge on any atom is -0.361 e. The van der Waals surface area contributed by atoms with Gasteiger partial charge in [0, 0.05) is 19.7 Å². The number of hydrogen-bond donors (Lipinski definition) is 0. The van der Waals surface area contributed by atoms with Gasteiger partial charge in [-0.15, -0.1) is 24.8 Å². The van der Waals surface area contributed by atoms with E-state index in [1.165, 1.54) is 4.90 Å². The van der Waals surface area contributed by atoms with Gasteiger partial charge < -0.3 is 9.64 Å². The molecule has 1 aromatic rings. The van der Waals surface area contributed by atoms with Crippen molar-refractivity contribution in [2.24, 2.45) is 0 Å². The van der Waals surface area contributed by atoms with Crippen LogP contribution in [0.1, 0.15) is 25.0 Å². The molecule has 0 saturated carbocycles. The molecule has 0 aliphatic heterocycles. The molecule has 0 bridgehead atoms. The van der Waals surface area contributed by atoms with E-state index in [-0.39, 0.29) is 24.4 Å². The standard InChI is InChI=1S/C14H20ClNO2.C8H11Cl2NO/c1-4-12-8-6-7-11(3)14(12)16(10-18-5-2)13(17)9-15;1-3-5-11(6-4-2)8(12)7(9)10/h6-8H,4-5,9-10H2,1-3H3;3-4,7H,1-2,5-6H2. The van der Waals surface area contributed by atoms with Crippen molar-refractivity contribution >= 4 is 52.3 Å². The highest BCUT2D eigenvalue weighted by molar-refractivity contribution is 6.53. The van der Waals surface area contributed by atoms with Crippen LogP contribution < -0.4 is 4.90 Å². The zero-order chi connectivity index (χ0) is 23.1. The molecule has 1 rings (SSSR count). The number of nitrogens with zero attached hydrogens (tertiary/aromatic N) is 2. The Hall–Kier alpha value is -1.53. The van der Waals surface area contributed by atoms with E-state index in [1.54, 1.807) is 17.1 Å². The zero-order valence-corrected chi connectivity index (χ0v) is 20.1. The van der Waals surface area contributed by atoms with Gasteiger partial charge in [-0.25, -0.2) is 0 Å². The van der Waals surface area contributed by atoms with Crippen molar-refractivity contribution < 1.29 is 14.3 Å². The largest absolute Gasteiger partial charge is 0.361 e. The predicted molar refractivity (Wildman–Crippen MR) is 128 cm³/mol. The van der Waals surface area contributed by atoms with Gasteiger partial charge >= 0.3 is 0 Å². The summed E-state index contributed by atoms with van der Waals surface area (Å²) in [5, 5.41) is 0. The number of halogens is 3. The number of carbonyl (C=O) groups excluding carboxylic acids is 2. The molecule has 0 spiro atoms. The minimum atomic E-state index is -1.01. The fraction of sp³-hybridized carbons (Fsp3) is 0.455. The van der Waals surface area contributed by atoms with Crippen molar-refractivity contribution in [3.63, 3.8) is 0 Å². The summed E-state index contributed by atoms with van der Waals surface area (Å²) in [6, 6.07) is 6.03. The van der Waals surface area contributed by atoms with Crippen LogP contribution in [0.25, 0.3) is 0 Å². The first kappa shape index (κ1) is 28.5. The summed E-state index contributed by atoms with van der Waals surface area (Å²) in [6.07, 6.45) is 4.09. The lowest BCUT2D eigenvalue weighted by Crippen LogP contribution is -2.35. The summed E-state index contributed by atoms with van der Waals surface area (Å²) in [5.74, 6) is -0.489. The molecule has 0 radical (unpaired) electrons. The van der Waals surface area contributed by atoms with Crippen molar-refractivity contribution in [2.45, 2.75) is 32.0 Å². The number of hydrogen-bond acceptors (Lipinski definition) is 3.